The van der Waals surface area contributed by atoms with Crippen LogP contribution in [0.5, 0.6) is 0 Å². The van der Waals surface area contributed by atoms with Crippen LogP contribution < -0.4 is 4.72 Å². The minimum atomic E-state index is -3.73. The number of benzene rings is 2. The zero-order valence-electron chi connectivity index (χ0n) is 14.3. The van der Waals surface area contributed by atoms with Crippen molar-refractivity contribution >= 4 is 21.4 Å². The summed E-state index contributed by atoms with van der Waals surface area (Å²) in [6, 6.07) is 22.6. The van der Waals surface area contributed by atoms with Gasteiger partial charge in [0, 0.05) is 17.0 Å². The van der Waals surface area contributed by atoms with Crippen LogP contribution in [0.25, 0.3) is 16.9 Å². The molecule has 0 saturated carbocycles. The lowest BCUT2D eigenvalue weighted by atomic mass is 10.2. The van der Waals surface area contributed by atoms with Crippen molar-refractivity contribution in [3.05, 3.63) is 89.3 Å². The minimum absolute atomic E-state index is 0.161. The van der Waals surface area contributed by atoms with Crippen molar-refractivity contribution in [2.75, 3.05) is 0 Å². The summed E-state index contributed by atoms with van der Waals surface area (Å²) >= 11 is 1.51. The Morgan fingerprint density at radius 2 is 1.63 bits per heavy atom. The first-order valence-electron chi connectivity index (χ1n) is 8.36. The van der Waals surface area contributed by atoms with E-state index >= 15 is 0 Å². The van der Waals surface area contributed by atoms with E-state index in [1.165, 1.54) is 11.3 Å². The monoisotopic (exact) mass is 395 g/mol. The normalized spacial score (nSPS) is 11.6. The van der Waals surface area contributed by atoms with E-state index in [1.807, 2.05) is 78.2 Å². The van der Waals surface area contributed by atoms with Crippen LogP contribution in [0, 0.1) is 0 Å². The highest BCUT2D eigenvalue weighted by Crippen LogP contribution is 2.27. The second-order valence-corrected chi connectivity index (χ2v) is 8.66. The van der Waals surface area contributed by atoms with Crippen molar-refractivity contribution in [2.24, 2.45) is 0 Å². The summed E-state index contributed by atoms with van der Waals surface area (Å²) in [7, 11) is -3.73. The number of hydrogen-bond donors (Lipinski definition) is 1. The van der Waals surface area contributed by atoms with Gasteiger partial charge in [-0.1, -0.05) is 54.6 Å². The molecule has 0 atom stereocenters. The largest absolute Gasteiger partial charge is 0.244 e. The molecule has 0 bridgehead atoms. The Hall–Kier alpha value is -2.74. The van der Waals surface area contributed by atoms with Crippen molar-refractivity contribution in [3.8, 4) is 16.9 Å². The van der Waals surface area contributed by atoms with E-state index in [9.17, 15) is 8.42 Å². The van der Waals surface area contributed by atoms with Crippen molar-refractivity contribution in [3.63, 3.8) is 0 Å². The number of nitrogens with zero attached hydrogens (tertiary/aromatic N) is 2. The summed E-state index contributed by atoms with van der Waals surface area (Å²) in [5.41, 5.74) is 1.98. The molecular formula is C20H17N3O2S2. The van der Waals surface area contributed by atoms with Gasteiger partial charge in [-0.2, -0.15) is 5.10 Å². The van der Waals surface area contributed by atoms with E-state index in [-0.39, 0.29) is 11.4 Å². The molecule has 5 nitrogen and oxygen atoms in total. The van der Waals surface area contributed by atoms with Gasteiger partial charge in [-0.15, -0.1) is 11.3 Å². The first-order chi connectivity index (χ1) is 13.1. The molecule has 0 radical (unpaired) electrons. The number of hydrogen-bond acceptors (Lipinski definition) is 4. The number of thiophene rings is 1. The molecule has 136 valence electrons. The predicted octanol–water partition coefficient (Wildman–Crippen LogP) is 4.08. The molecule has 0 amide bonds. The van der Waals surface area contributed by atoms with E-state index < -0.39 is 10.0 Å². The molecule has 0 aliphatic rings. The van der Waals surface area contributed by atoms with Crippen molar-refractivity contribution in [2.45, 2.75) is 11.4 Å². The third-order valence-electron chi connectivity index (χ3n) is 4.05. The van der Waals surface area contributed by atoms with Gasteiger partial charge in [0.05, 0.1) is 11.9 Å². The molecule has 0 aliphatic carbocycles. The SMILES string of the molecule is O=S(=O)(NCc1cccs1)c1cn(-c2ccccc2)nc1-c1ccccc1. The van der Waals surface area contributed by atoms with Crippen LogP contribution in [-0.4, -0.2) is 18.2 Å². The number of rotatable bonds is 6. The highest BCUT2D eigenvalue weighted by atomic mass is 32.2. The van der Waals surface area contributed by atoms with Crippen LogP contribution in [0.2, 0.25) is 0 Å². The lowest BCUT2D eigenvalue weighted by molar-refractivity contribution is 0.582. The van der Waals surface area contributed by atoms with Crippen LogP contribution in [0.15, 0.2) is 89.3 Å². The topological polar surface area (TPSA) is 64.0 Å². The van der Waals surface area contributed by atoms with Crippen molar-refractivity contribution < 1.29 is 8.42 Å². The molecule has 4 rings (SSSR count). The Bertz CT molecular complexity index is 1120. The Labute approximate surface area is 162 Å². The maximum atomic E-state index is 13.0. The molecule has 0 fully saturated rings. The van der Waals surface area contributed by atoms with Crippen LogP contribution in [0.4, 0.5) is 0 Å². The maximum Gasteiger partial charge on any atom is 0.244 e. The summed E-state index contributed by atoms with van der Waals surface area (Å²) in [6.07, 6.45) is 1.56. The van der Waals surface area contributed by atoms with E-state index in [0.717, 1.165) is 16.1 Å². The van der Waals surface area contributed by atoms with E-state index in [1.54, 1.807) is 10.9 Å². The fourth-order valence-electron chi connectivity index (χ4n) is 2.72. The fourth-order valence-corrected chi connectivity index (χ4v) is 4.61. The zero-order valence-corrected chi connectivity index (χ0v) is 16.0. The molecule has 0 spiro atoms. The van der Waals surface area contributed by atoms with Crippen LogP contribution >= 0.6 is 11.3 Å². The van der Waals surface area contributed by atoms with Crippen LogP contribution in [-0.2, 0) is 16.6 Å². The zero-order chi connectivity index (χ0) is 18.7. The van der Waals surface area contributed by atoms with Gasteiger partial charge in [-0.3, -0.25) is 0 Å². The quantitative estimate of drug-likeness (QED) is 0.535. The highest BCUT2D eigenvalue weighted by Gasteiger charge is 2.24. The Balaban J connectivity index is 1.77. The molecular weight excluding hydrogens is 378 g/mol. The van der Waals surface area contributed by atoms with Crippen molar-refractivity contribution in [1.82, 2.24) is 14.5 Å². The van der Waals surface area contributed by atoms with Gasteiger partial charge in [0.25, 0.3) is 0 Å². The van der Waals surface area contributed by atoms with Gasteiger partial charge in [0.1, 0.15) is 10.6 Å². The van der Waals surface area contributed by atoms with E-state index in [2.05, 4.69) is 9.82 Å². The van der Waals surface area contributed by atoms with E-state index in [0.29, 0.717) is 5.69 Å². The molecule has 0 saturated heterocycles. The lowest BCUT2D eigenvalue weighted by Crippen LogP contribution is -2.23. The van der Waals surface area contributed by atoms with Gasteiger partial charge in [0.15, 0.2) is 0 Å². The molecule has 0 aliphatic heterocycles. The number of aromatic nitrogens is 2. The average molecular weight is 396 g/mol. The third-order valence-corrected chi connectivity index (χ3v) is 6.33. The highest BCUT2D eigenvalue weighted by molar-refractivity contribution is 7.89. The number of para-hydroxylation sites is 1. The van der Waals surface area contributed by atoms with Crippen LogP contribution in [0.1, 0.15) is 4.88 Å². The number of sulfonamides is 1. The smallest absolute Gasteiger partial charge is 0.239 e. The third kappa shape index (κ3) is 3.85. The predicted molar refractivity (Wildman–Crippen MR) is 107 cm³/mol. The van der Waals surface area contributed by atoms with E-state index in [4.69, 9.17) is 0 Å². The standard InChI is InChI=1S/C20H17N3O2S2/c24-27(25,21-14-18-12-7-13-26-18)19-15-23(17-10-5-2-6-11-17)22-20(19)16-8-3-1-4-9-16/h1-13,15,21H,14H2. The molecule has 2 heterocycles. The molecule has 7 heteroatoms. The number of nitrogens with one attached hydrogen (secondary N) is 1. The van der Waals surface area contributed by atoms with Gasteiger partial charge < -0.3 is 0 Å². The summed E-state index contributed by atoms with van der Waals surface area (Å²) in [4.78, 5) is 1.12. The molecule has 4 aromatic rings. The molecule has 2 aromatic heterocycles. The molecule has 27 heavy (non-hydrogen) atoms. The molecule has 0 unspecified atom stereocenters. The van der Waals surface area contributed by atoms with Gasteiger partial charge in [-0.05, 0) is 23.6 Å². The first kappa shape index (κ1) is 17.7. The minimum Gasteiger partial charge on any atom is -0.239 e. The fraction of sp³-hybridized carbons (Fsp3) is 0.0500. The maximum absolute atomic E-state index is 13.0. The Morgan fingerprint density at radius 1 is 0.926 bits per heavy atom. The molecule has 1 N–H and O–H groups in total. The van der Waals surface area contributed by atoms with Gasteiger partial charge in [0.2, 0.25) is 10.0 Å². The molecule has 2 aromatic carbocycles. The van der Waals surface area contributed by atoms with Gasteiger partial charge >= 0.3 is 0 Å². The summed E-state index contributed by atoms with van der Waals surface area (Å²) in [5.74, 6) is 0. The average Bonchev–Trinajstić information content (AvgIpc) is 3.38. The van der Waals surface area contributed by atoms with Crippen molar-refractivity contribution in [1.29, 1.82) is 0 Å². The lowest BCUT2D eigenvalue weighted by Gasteiger charge is -2.06. The van der Waals surface area contributed by atoms with Gasteiger partial charge in [-0.25, -0.2) is 17.8 Å². The Kier molecular flexibility index (Phi) is 4.89. The second-order valence-electron chi connectivity index (χ2n) is 5.89. The Morgan fingerprint density at radius 3 is 2.30 bits per heavy atom. The second kappa shape index (κ2) is 7.48. The van der Waals surface area contributed by atoms with Crippen LogP contribution in [0.3, 0.4) is 0 Å². The first-order valence-corrected chi connectivity index (χ1v) is 10.7. The summed E-state index contributed by atoms with van der Waals surface area (Å²) < 4.78 is 30.3. The summed E-state index contributed by atoms with van der Waals surface area (Å²) in [6.45, 7) is 0.255. The summed E-state index contributed by atoms with van der Waals surface area (Å²) in [5, 5.41) is 6.49.